The van der Waals surface area contributed by atoms with Gasteiger partial charge in [0.25, 0.3) is 0 Å². The molecule has 0 rings (SSSR count). The van der Waals surface area contributed by atoms with E-state index in [0.717, 1.165) is 0 Å². The van der Waals surface area contributed by atoms with Gasteiger partial charge in [-0.25, -0.2) is 0 Å². The van der Waals surface area contributed by atoms with Crippen LogP contribution < -0.4 is 0 Å². The average molecular weight is 1140 g/mol. The molecule has 0 aromatic heterocycles. The van der Waals surface area contributed by atoms with E-state index in [1.165, 1.54) is 11.0 Å². The second-order valence-electron chi connectivity index (χ2n) is 13.9. The molecule has 2 unspecified atom stereocenters. The molecule has 0 aromatic rings. The number of nitrogens with zero attached hydrogens (tertiary/aromatic N) is 1. The normalized spacial score (nSPS) is 20.1. The molecule has 0 spiro atoms. The van der Waals surface area contributed by atoms with Crippen molar-refractivity contribution >= 4 is 141 Å². The van der Waals surface area contributed by atoms with Crippen LogP contribution in [0.3, 0.4) is 0 Å². The van der Waals surface area contributed by atoms with E-state index < -0.39 is 175 Å². The SMILES string of the molecule is C=CC(=O)N(CC(O)COCCC[SiH](C(O[SiH2]C)(O[SiH2]C)O[SiH2]C)C(O[SiH2]C)(O[SiH2]C)O[SiH2]C)CC(O)COCCC[SiH](C(O[SiH2]C)(O[SiH2]C)O[SiH2]C)C(O[SiH2]C)(O[SiH2]C)O[SiH2]C. The van der Waals surface area contributed by atoms with Crippen molar-refractivity contribution in [3.8, 4) is 0 Å². The van der Waals surface area contributed by atoms with Gasteiger partial charge in [0.1, 0.15) is 0 Å². The first-order chi connectivity index (χ1) is 30.3. The van der Waals surface area contributed by atoms with Gasteiger partial charge in [-0.05, 0) is 31.0 Å². The van der Waals surface area contributed by atoms with Crippen LogP contribution in [0.4, 0.5) is 0 Å². The molecule has 0 saturated carbocycles. The Balaban J connectivity index is 5.77. The van der Waals surface area contributed by atoms with Gasteiger partial charge in [0.05, 0.1) is 25.4 Å². The lowest BCUT2D eigenvalue weighted by Crippen LogP contribution is -2.68. The molecule has 0 aliphatic carbocycles. The molecule has 63 heavy (non-hydrogen) atoms. The maximum Gasteiger partial charge on any atom is 0.246 e. The molecule has 2 N–H and O–H groups in total. The van der Waals surface area contributed by atoms with Crippen molar-refractivity contribution in [2.45, 2.75) is 138 Å². The van der Waals surface area contributed by atoms with Crippen molar-refractivity contribution < 1.29 is 77.6 Å². The molecule has 376 valence electrons. The van der Waals surface area contributed by atoms with Crippen LogP contribution in [0.5, 0.6) is 0 Å². The van der Waals surface area contributed by atoms with Crippen LogP contribution in [0.15, 0.2) is 12.7 Å². The summed E-state index contributed by atoms with van der Waals surface area (Å²) in [7, 11) is -16.0. The van der Waals surface area contributed by atoms with Crippen LogP contribution in [-0.4, -0.2) is 230 Å². The highest BCUT2D eigenvalue weighted by Gasteiger charge is 2.58. The van der Waals surface area contributed by atoms with Gasteiger partial charge in [-0.1, -0.05) is 85.1 Å². The number of amides is 1. The van der Waals surface area contributed by atoms with E-state index >= 15 is 0 Å². The third-order valence-corrected chi connectivity index (χ3v) is 29.1. The summed E-state index contributed by atoms with van der Waals surface area (Å²) in [6.07, 6.45) is 0.424. The first kappa shape index (κ1) is 64.6. The zero-order valence-corrected chi connectivity index (χ0v) is 60.4. The van der Waals surface area contributed by atoms with Gasteiger partial charge in [0.2, 0.25) is 45.9 Å². The second kappa shape index (κ2) is 38.4. The number of hydrogen-bond acceptors (Lipinski definition) is 17. The van der Waals surface area contributed by atoms with E-state index in [0.29, 0.717) is 38.1 Å². The zero-order chi connectivity index (χ0) is 47.6. The van der Waals surface area contributed by atoms with Crippen molar-refractivity contribution in [1.29, 1.82) is 0 Å². The van der Waals surface area contributed by atoms with Crippen LogP contribution in [0.2, 0.25) is 90.7 Å². The number of rotatable bonds is 45. The van der Waals surface area contributed by atoms with Crippen molar-refractivity contribution in [2.24, 2.45) is 0 Å². The lowest BCUT2D eigenvalue weighted by atomic mass is 10.2. The quantitative estimate of drug-likeness (QED) is 0.0253. The Bertz CT molecular complexity index is 966. The van der Waals surface area contributed by atoms with Gasteiger partial charge in [-0.3, -0.25) is 4.79 Å². The van der Waals surface area contributed by atoms with Crippen molar-refractivity contribution in [1.82, 2.24) is 4.90 Å². The minimum atomic E-state index is -2.42. The molecule has 32 heteroatoms. The highest BCUT2D eigenvalue weighted by Crippen LogP contribution is 2.35. The van der Waals surface area contributed by atoms with E-state index in [4.69, 9.17) is 62.6 Å². The maximum atomic E-state index is 12.9. The third kappa shape index (κ3) is 22.5. The summed E-state index contributed by atoms with van der Waals surface area (Å²) < 4.78 is 90.0. The first-order valence-electron chi connectivity index (χ1n) is 23.4. The highest BCUT2D eigenvalue weighted by molar-refractivity contribution is 6.67. The van der Waals surface area contributed by atoms with Gasteiger partial charge >= 0.3 is 0 Å². The fourth-order valence-electron chi connectivity index (χ4n) is 7.48. The molecule has 2 atom stereocenters. The molecule has 0 saturated heterocycles. The number of ether oxygens (including phenoxy) is 2. The van der Waals surface area contributed by atoms with Crippen LogP contribution >= 0.6 is 0 Å². The fraction of sp³-hybridized carbons (Fsp3) is 0.903. The Hall–Kier alpha value is 1.61. The van der Waals surface area contributed by atoms with Gasteiger partial charge in [0.15, 0.2) is 117 Å². The topological polar surface area (TPSA) is 190 Å². The minimum Gasteiger partial charge on any atom is -0.389 e. The summed E-state index contributed by atoms with van der Waals surface area (Å²) in [6.45, 7) is 29.1. The Labute approximate surface area is 410 Å². The van der Waals surface area contributed by atoms with E-state index in [2.05, 4.69) is 85.1 Å². The molecule has 18 nitrogen and oxygen atoms in total. The lowest BCUT2D eigenvalue weighted by molar-refractivity contribution is -0.239. The van der Waals surface area contributed by atoms with Gasteiger partial charge in [-0.15, -0.1) is 0 Å². The molecule has 0 heterocycles. The zero-order valence-electron chi connectivity index (χ0n) is 41.1. The van der Waals surface area contributed by atoms with Crippen LogP contribution in [-0.2, 0) is 67.4 Å². The van der Waals surface area contributed by atoms with Crippen LogP contribution in [0.25, 0.3) is 0 Å². The predicted molar refractivity (Wildman–Crippen MR) is 290 cm³/mol. The molecule has 0 radical (unpaired) electrons. The summed E-state index contributed by atoms with van der Waals surface area (Å²) in [5, 5.41) is 22.1. The van der Waals surface area contributed by atoms with Gasteiger partial charge < -0.3 is 77.7 Å². The largest absolute Gasteiger partial charge is 0.389 e. The monoisotopic (exact) mass is 1140 g/mol. The summed E-state index contributed by atoms with van der Waals surface area (Å²) in [5.41, 5.74) is -4.56. The van der Waals surface area contributed by atoms with E-state index in [1.54, 1.807) is 0 Å². The molecular weight excluding hydrogens is 1050 g/mol. The second-order valence-corrected chi connectivity index (χ2v) is 30.5. The number of carbonyl (C=O) groups is 1. The number of aliphatic hydroxyl groups is 2. The Morgan fingerprint density at radius 3 is 0.905 bits per heavy atom. The smallest absolute Gasteiger partial charge is 0.246 e. The molecule has 0 aliphatic heterocycles. The lowest BCUT2D eigenvalue weighted by Gasteiger charge is -2.48. The average Bonchev–Trinajstić information content (AvgIpc) is 3.23. The molecule has 0 aromatic carbocycles. The highest BCUT2D eigenvalue weighted by atomic mass is 28.3. The van der Waals surface area contributed by atoms with Crippen molar-refractivity contribution in [3.05, 3.63) is 12.7 Å². The Kier molecular flexibility index (Phi) is 39.3. The summed E-state index contributed by atoms with van der Waals surface area (Å²) in [6, 6.07) is 1.32. The fourth-order valence-corrected chi connectivity index (χ4v) is 35.4. The third-order valence-electron chi connectivity index (χ3n) is 9.39. The van der Waals surface area contributed by atoms with Gasteiger partial charge in [-0.2, -0.15) is 0 Å². The van der Waals surface area contributed by atoms with E-state index in [-0.39, 0.29) is 26.3 Å². The molecule has 0 bridgehead atoms. The van der Waals surface area contributed by atoms with E-state index in [9.17, 15) is 15.0 Å². The molecular formula is C31H89NO17Si14. The van der Waals surface area contributed by atoms with Gasteiger partial charge in [0, 0.05) is 26.3 Å². The first-order valence-corrected chi connectivity index (χ1v) is 51.3. The Morgan fingerprint density at radius 1 is 0.492 bits per heavy atom. The molecule has 0 aliphatic rings. The summed E-state index contributed by atoms with van der Waals surface area (Å²) in [4.78, 5) is 14.3. The maximum absolute atomic E-state index is 12.9. The predicted octanol–water partition coefficient (Wildman–Crippen LogP) is -6.46. The van der Waals surface area contributed by atoms with E-state index in [1.807, 2.05) is 0 Å². The summed E-state index contributed by atoms with van der Waals surface area (Å²) >= 11 is 0. The number of aliphatic hydroxyl groups excluding tert-OH is 2. The van der Waals surface area contributed by atoms with Crippen molar-refractivity contribution in [2.75, 3.05) is 39.5 Å². The van der Waals surface area contributed by atoms with Crippen LogP contribution in [0.1, 0.15) is 12.8 Å². The Morgan fingerprint density at radius 2 is 0.714 bits per heavy atom. The molecule has 1 amide bonds. The standard InChI is InChI=1S/C31H89NO17Si14/c1-14-27(35)32(21-25(33)23-36-17-15-19-62(28(38-50-2,39-51-3)40-52-4)29(41-53-5,42-54-6)43-55-7)22-26(34)24-37-18-16-20-63(30(44-56-8,45-57-9)46-58-10)31(47-59-11,48-60-12)49-61-13/h14,25-26,33-34,62-63H,1,15-24,50-61H2,2-13H3. The van der Waals surface area contributed by atoms with Crippen LogP contribution in [0, 0.1) is 0 Å². The van der Waals surface area contributed by atoms with Crippen molar-refractivity contribution in [3.63, 3.8) is 0 Å². The number of hydrogen-bond donors (Lipinski definition) is 2. The molecule has 0 fully saturated rings. The number of carbonyl (C=O) groups excluding carboxylic acids is 1. The minimum absolute atomic E-state index is 0.00822. The summed E-state index contributed by atoms with van der Waals surface area (Å²) in [5.74, 6) is -0.412.